The van der Waals surface area contributed by atoms with E-state index in [2.05, 4.69) is 32.0 Å². The molecule has 1 N–H and O–H groups in total. The van der Waals surface area contributed by atoms with Gasteiger partial charge in [0.2, 0.25) is 0 Å². The minimum Gasteiger partial charge on any atom is -0.458 e. The fourth-order valence-corrected chi connectivity index (χ4v) is 7.39. The maximum absolute atomic E-state index is 10.6. The maximum Gasteiger partial charge on any atom is 0.158 e. The molecule has 4 heteroatoms. The Balaban J connectivity index is 1.23. The molecule has 1 saturated heterocycles. The molecule has 2 aromatic rings. The normalized spacial score (nSPS) is 34.3. The Hall–Kier alpha value is -1.36. The lowest BCUT2D eigenvalue weighted by Crippen LogP contribution is -2.41. The number of benzene rings is 1. The van der Waals surface area contributed by atoms with Crippen LogP contribution in [0.4, 0.5) is 0 Å². The number of furan rings is 1. The minimum atomic E-state index is -0.118. The first kappa shape index (κ1) is 23.4. The van der Waals surface area contributed by atoms with Crippen molar-refractivity contribution in [1.29, 1.82) is 0 Å². The maximum atomic E-state index is 10.6. The molecule has 3 unspecified atom stereocenters. The molecule has 2 saturated carbocycles. The Bertz CT molecular complexity index is 867. The van der Waals surface area contributed by atoms with Gasteiger partial charge in [0.1, 0.15) is 17.4 Å². The van der Waals surface area contributed by atoms with E-state index in [4.69, 9.17) is 13.9 Å². The summed E-state index contributed by atoms with van der Waals surface area (Å²) in [5.41, 5.74) is 1.25. The van der Waals surface area contributed by atoms with Crippen LogP contribution in [0.3, 0.4) is 0 Å². The summed E-state index contributed by atoms with van der Waals surface area (Å²) < 4.78 is 18.6. The van der Waals surface area contributed by atoms with E-state index in [-0.39, 0.29) is 18.5 Å². The third kappa shape index (κ3) is 4.90. The van der Waals surface area contributed by atoms with Gasteiger partial charge >= 0.3 is 0 Å². The lowest BCUT2D eigenvalue weighted by Gasteiger charge is -2.45. The van der Waals surface area contributed by atoms with E-state index >= 15 is 0 Å². The minimum absolute atomic E-state index is 0.0592. The second-order valence-electron chi connectivity index (χ2n) is 11.3. The van der Waals surface area contributed by atoms with Gasteiger partial charge in [0.15, 0.2) is 6.29 Å². The van der Waals surface area contributed by atoms with Crippen LogP contribution in [0.15, 0.2) is 34.7 Å². The smallest absolute Gasteiger partial charge is 0.158 e. The quantitative estimate of drug-likeness (QED) is 0.451. The van der Waals surface area contributed by atoms with E-state index in [1.807, 2.05) is 12.1 Å². The van der Waals surface area contributed by atoms with Crippen molar-refractivity contribution >= 4 is 11.0 Å². The average molecular weight is 455 g/mol. The molecule has 33 heavy (non-hydrogen) atoms. The second kappa shape index (κ2) is 10.1. The van der Waals surface area contributed by atoms with Crippen molar-refractivity contribution in [3.05, 3.63) is 36.1 Å². The topological polar surface area (TPSA) is 51.8 Å². The molecule has 0 amide bonds. The van der Waals surface area contributed by atoms with Crippen LogP contribution >= 0.6 is 0 Å². The van der Waals surface area contributed by atoms with Gasteiger partial charge in [0.25, 0.3) is 0 Å². The van der Waals surface area contributed by atoms with Gasteiger partial charge in [-0.2, -0.15) is 0 Å². The Kier molecular flexibility index (Phi) is 7.15. The number of aliphatic hydroxyl groups excluding tert-OH is 1. The van der Waals surface area contributed by atoms with E-state index < -0.39 is 0 Å². The third-order valence-electron chi connectivity index (χ3n) is 9.19. The highest BCUT2D eigenvalue weighted by Gasteiger charge is 2.52. The number of aliphatic hydroxyl groups is 1. The lowest BCUT2D eigenvalue weighted by molar-refractivity contribution is -0.194. The molecule has 1 aromatic heterocycles. The van der Waals surface area contributed by atoms with Crippen molar-refractivity contribution in [3.8, 4) is 0 Å². The predicted molar refractivity (Wildman–Crippen MR) is 131 cm³/mol. The van der Waals surface area contributed by atoms with E-state index in [1.165, 1.54) is 38.5 Å². The van der Waals surface area contributed by atoms with Gasteiger partial charge in [-0.05, 0) is 86.7 Å². The molecule has 0 spiro atoms. The number of rotatable bonds is 8. The highest BCUT2D eigenvalue weighted by atomic mass is 16.7. The molecule has 1 aromatic carbocycles. The summed E-state index contributed by atoms with van der Waals surface area (Å²) >= 11 is 0. The number of ether oxygens (including phenoxy) is 2. The van der Waals surface area contributed by atoms with Crippen molar-refractivity contribution < 1.29 is 19.0 Å². The van der Waals surface area contributed by atoms with Crippen LogP contribution in [-0.2, 0) is 9.47 Å². The third-order valence-corrected chi connectivity index (χ3v) is 9.19. The first-order valence-corrected chi connectivity index (χ1v) is 13.5. The van der Waals surface area contributed by atoms with Crippen molar-refractivity contribution in [1.82, 2.24) is 0 Å². The van der Waals surface area contributed by atoms with Crippen LogP contribution in [0.2, 0.25) is 0 Å². The Morgan fingerprint density at radius 1 is 1.09 bits per heavy atom. The van der Waals surface area contributed by atoms with Gasteiger partial charge in [-0.15, -0.1) is 0 Å². The highest BCUT2D eigenvalue weighted by Crippen LogP contribution is 2.58. The molecule has 3 fully saturated rings. The van der Waals surface area contributed by atoms with Crippen molar-refractivity contribution in [2.45, 2.75) is 103 Å². The molecule has 4 nitrogen and oxygen atoms in total. The molecule has 7 atom stereocenters. The molecule has 182 valence electrons. The molecule has 5 rings (SSSR count). The van der Waals surface area contributed by atoms with E-state index in [0.29, 0.717) is 17.3 Å². The summed E-state index contributed by atoms with van der Waals surface area (Å²) in [6.07, 6.45) is 12.2. The van der Waals surface area contributed by atoms with Gasteiger partial charge in [0.05, 0.1) is 6.10 Å². The van der Waals surface area contributed by atoms with Gasteiger partial charge in [-0.1, -0.05) is 51.3 Å². The summed E-state index contributed by atoms with van der Waals surface area (Å²) in [5.74, 6) is 2.84. The Labute approximate surface area is 199 Å². The molecular weight excluding hydrogens is 412 g/mol. The largest absolute Gasteiger partial charge is 0.458 e. The molecule has 3 aliphatic rings. The zero-order valence-electron chi connectivity index (χ0n) is 20.5. The van der Waals surface area contributed by atoms with Crippen LogP contribution in [0.1, 0.15) is 96.3 Å². The standard InChI is InChI=1S/C29H42O4/c1-20(22-15-16-23-24(30)11-8-17-29(22,23)2)9-7-13-26(33-28-14-5-6-18-31-28)27-19-21-10-3-4-12-25(21)32-27/h3-4,10,12,19-20,22-24,26,28,30H,5-9,11,13-18H2,1-2H3/t20?,22-,23+,24+,26?,28?,29-/m1/s1. The second-order valence-corrected chi connectivity index (χ2v) is 11.3. The zero-order valence-corrected chi connectivity index (χ0v) is 20.5. The zero-order chi connectivity index (χ0) is 22.8. The van der Waals surface area contributed by atoms with Crippen LogP contribution in [0, 0.1) is 23.2 Å². The molecule has 2 heterocycles. The molecular formula is C29H42O4. The molecule has 0 bridgehead atoms. The number of hydrogen-bond donors (Lipinski definition) is 1. The van der Waals surface area contributed by atoms with Gasteiger partial charge in [-0.3, -0.25) is 0 Å². The fraction of sp³-hybridized carbons (Fsp3) is 0.724. The van der Waals surface area contributed by atoms with Crippen LogP contribution in [-0.4, -0.2) is 24.1 Å². The van der Waals surface area contributed by atoms with Crippen molar-refractivity contribution in [2.24, 2.45) is 23.2 Å². The van der Waals surface area contributed by atoms with Gasteiger partial charge < -0.3 is 19.0 Å². The van der Waals surface area contributed by atoms with Crippen LogP contribution < -0.4 is 0 Å². The molecule has 0 radical (unpaired) electrons. The summed E-state index contributed by atoms with van der Waals surface area (Å²) in [6, 6.07) is 10.4. The summed E-state index contributed by atoms with van der Waals surface area (Å²) in [6.45, 7) is 5.71. The first-order chi connectivity index (χ1) is 16.0. The van der Waals surface area contributed by atoms with E-state index in [9.17, 15) is 5.11 Å². The summed E-state index contributed by atoms with van der Waals surface area (Å²) in [5, 5.41) is 11.7. The number of para-hydroxylation sites is 1. The Morgan fingerprint density at radius 3 is 2.79 bits per heavy atom. The monoisotopic (exact) mass is 454 g/mol. The number of fused-ring (bicyclic) bond motifs is 2. The SMILES string of the molecule is CC(CCCC(OC1CCCCO1)c1cc2ccccc2o1)[C@H]1CC[C@H]2[C@@H](O)CCC[C@]12C. The van der Waals surface area contributed by atoms with Gasteiger partial charge in [-0.25, -0.2) is 0 Å². The first-order valence-electron chi connectivity index (χ1n) is 13.5. The molecule has 2 aliphatic carbocycles. The van der Waals surface area contributed by atoms with E-state index in [0.717, 1.165) is 61.4 Å². The fourth-order valence-electron chi connectivity index (χ4n) is 7.39. The van der Waals surface area contributed by atoms with Crippen molar-refractivity contribution in [3.63, 3.8) is 0 Å². The lowest BCUT2D eigenvalue weighted by atomic mass is 9.61. The molecule has 1 aliphatic heterocycles. The summed E-state index contributed by atoms with van der Waals surface area (Å²) in [4.78, 5) is 0. The van der Waals surface area contributed by atoms with Gasteiger partial charge in [0, 0.05) is 12.0 Å². The predicted octanol–water partition coefficient (Wildman–Crippen LogP) is 7.40. The van der Waals surface area contributed by atoms with E-state index in [1.54, 1.807) is 0 Å². The average Bonchev–Trinajstić information content (AvgIpc) is 3.41. The van der Waals surface area contributed by atoms with Crippen LogP contribution in [0.5, 0.6) is 0 Å². The van der Waals surface area contributed by atoms with Crippen LogP contribution in [0.25, 0.3) is 11.0 Å². The van der Waals surface area contributed by atoms with Crippen molar-refractivity contribution in [2.75, 3.05) is 6.61 Å². The highest BCUT2D eigenvalue weighted by molar-refractivity contribution is 5.77. The Morgan fingerprint density at radius 2 is 1.97 bits per heavy atom. The summed E-state index contributed by atoms with van der Waals surface area (Å²) in [7, 11) is 0. The number of hydrogen-bond acceptors (Lipinski definition) is 4.